The Labute approximate surface area is 125 Å². The normalized spacial score (nSPS) is 10.8. The smallest absolute Gasteiger partial charge is 0.262 e. The zero-order chi connectivity index (χ0) is 14.8. The molecule has 0 unspecified atom stereocenters. The molecule has 0 fully saturated rings. The second-order valence-corrected chi connectivity index (χ2v) is 6.20. The van der Waals surface area contributed by atoms with Crippen molar-refractivity contribution in [3.63, 3.8) is 0 Å². The Morgan fingerprint density at radius 3 is 2.55 bits per heavy atom. The van der Waals surface area contributed by atoms with E-state index in [1.54, 1.807) is 0 Å². The van der Waals surface area contributed by atoms with Crippen LogP contribution in [0.15, 0.2) is 41.4 Å². The van der Waals surface area contributed by atoms with Gasteiger partial charge >= 0.3 is 0 Å². The molecule has 0 spiro atoms. The van der Waals surface area contributed by atoms with Crippen LogP contribution < -0.4 is 4.72 Å². The minimum Gasteiger partial charge on any atom is -0.278 e. The Bertz CT molecular complexity index is 801. The number of hydrogen-bond acceptors (Lipinski definition) is 4. The number of nitrogens with zero attached hydrogens (tertiary/aromatic N) is 2. The first-order chi connectivity index (χ1) is 9.42. The van der Waals surface area contributed by atoms with Gasteiger partial charge in [-0.1, -0.05) is 23.2 Å². The lowest BCUT2D eigenvalue weighted by Crippen LogP contribution is -2.13. The Hall–Kier alpha value is -1.81. The maximum absolute atomic E-state index is 12.1. The number of pyridine rings is 1. The Balaban J connectivity index is 2.36. The number of rotatable bonds is 3. The average Bonchev–Trinajstić information content (AvgIpc) is 2.41. The van der Waals surface area contributed by atoms with Crippen molar-refractivity contribution in [1.82, 2.24) is 4.98 Å². The number of nitriles is 1. The van der Waals surface area contributed by atoms with Crippen molar-refractivity contribution in [2.75, 3.05) is 4.72 Å². The van der Waals surface area contributed by atoms with Crippen molar-refractivity contribution in [3.8, 4) is 6.07 Å². The van der Waals surface area contributed by atoms with Crippen molar-refractivity contribution in [2.45, 2.75) is 4.90 Å². The summed E-state index contributed by atoms with van der Waals surface area (Å²) in [6, 6.07) is 8.70. The second kappa shape index (κ2) is 5.67. The van der Waals surface area contributed by atoms with E-state index in [2.05, 4.69) is 9.71 Å². The van der Waals surface area contributed by atoms with Gasteiger partial charge in [0.2, 0.25) is 0 Å². The average molecular weight is 328 g/mol. The van der Waals surface area contributed by atoms with Crippen LogP contribution >= 0.6 is 23.2 Å². The van der Waals surface area contributed by atoms with Crippen LogP contribution in [-0.4, -0.2) is 13.4 Å². The SMILES string of the molecule is N#Cc1ccc(NS(=O)(=O)c2ccnc(Cl)c2)c(Cl)c1. The summed E-state index contributed by atoms with van der Waals surface area (Å²) in [5.74, 6) is 0. The van der Waals surface area contributed by atoms with Gasteiger partial charge in [0.1, 0.15) is 5.15 Å². The van der Waals surface area contributed by atoms with E-state index in [1.165, 1.54) is 36.5 Å². The molecule has 1 heterocycles. The molecule has 1 N–H and O–H groups in total. The van der Waals surface area contributed by atoms with E-state index in [0.717, 1.165) is 0 Å². The number of anilines is 1. The summed E-state index contributed by atoms with van der Waals surface area (Å²) in [6.45, 7) is 0. The maximum Gasteiger partial charge on any atom is 0.262 e. The fourth-order valence-electron chi connectivity index (χ4n) is 1.42. The van der Waals surface area contributed by atoms with Crippen molar-refractivity contribution < 1.29 is 8.42 Å². The van der Waals surface area contributed by atoms with E-state index in [0.29, 0.717) is 5.56 Å². The summed E-state index contributed by atoms with van der Waals surface area (Å²) >= 11 is 11.6. The topological polar surface area (TPSA) is 82.9 Å². The van der Waals surface area contributed by atoms with E-state index < -0.39 is 10.0 Å². The maximum atomic E-state index is 12.1. The standard InChI is InChI=1S/C12H7Cl2N3O2S/c13-10-5-8(7-15)1-2-11(10)17-20(18,19)9-3-4-16-12(14)6-9/h1-6,17H. The Kier molecular flexibility index (Phi) is 4.14. The molecule has 0 amide bonds. The molecule has 0 radical (unpaired) electrons. The molecule has 1 aromatic heterocycles. The minimum atomic E-state index is -3.82. The largest absolute Gasteiger partial charge is 0.278 e. The number of hydrogen-bond donors (Lipinski definition) is 1. The lowest BCUT2D eigenvalue weighted by molar-refractivity contribution is 0.601. The highest BCUT2D eigenvalue weighted by molar-refractivity contribution is 7.92. The predicted octanol–water partition coefficient (Wildman–Crippen LogP) is 3.06. The van der Waals surface area contributed by atoms with Gasteiger partial charge < -0.3 is 0 Å². The van der Waals surface area contributed by atoms with Crippen LogP contribution in [0.5, 0.6) is 0 Å². The van der Waals surface area contributed by atoms with E-state index in [4.69, 9.17) is 28.5 Å². The molecule has 0 aliphatic heterocycles. The zero-order valence-corrected chi connectivity index (χ0v) is 12.2. The molecule has 20 heavy (non-hydrogen) atoms. The summed E-state index contributed by atoms with van der Waals surface area (Å²) in [6.07, 6.45) is 1.29. The minimum absolute atomic E-state index is 0.0297. The quantitative estimate of drug-likeness (QED) is 0.878. The highest BCUT2D eigenvalue weighted by Crippen LogP contribution is 2.25. The molecule has 0 bridgehead atoms. The lowest BCUT2D eigenvalue weighted by Gasteiger charge is -2.09. The lowest BCUT2D eigenvalue weighted by atomic mass is 10.2. The van der Waals surface area contributed by atoms with E-state index in [-0.39, 0.29) is 20.8 Å². The monoisotopic (exact) mass is 327 g/mol. The van der Waals surface area contributed by atoms with Crippen LogP contribution in [0, 0.1) is 11.3 Å². The van der Waals surface area contributed by atoms with Crippen molar-refractivity contribution in [1.29, 1.82) is 5.26 Å². The van der Waals surface area contributed by atoms with Crippen LogP contribution in [0.4, 0.5) is 5.69 Å². The first-order valence-electron chi connectivity index (χ1n) is 5.26. The molecule has 0 aliphatic rings. The Morgan fingerprint density at radius 2 is 1.95 bits per heavy atom. The number of aromatic nitrogens is 1. The number of benzene rings is 1. The molecule has 0 aliphatic carbocycles. The molecule has 0 atom stereocenters. The molecule has 1 aromatic carbocycles. The van der Waals surface area contributed by atoms with Gasteiger partial charge in [0, 0.05) is 6.20 Å². The van der Waals surface area contributed by atoms with Crippen molar-refractivity contribution in [3.05, 3.63) is 52.3 Å². The summed E-state index contributed by atoms with van der Waals surface area (Å²) in [4.78, 5) is 3.68. The molecule has 5 nitrogen and oxygen atoms in total. The summed E-state index contributed by atoms with van der Waals surface area (Å²) < 4.78 is 26.6. The molecular weight excluding hydrogens is 321 g/mol. The number of nitrogens with one attached hydrogen (secondary N) is 1. The molecule has 102 valence electrons. The molecular formula is C12H7Cl2N3O2S. The fourth-order valence-corrected chi connectivity index (χ4v) is 3.04. The third-order valence-electron chi connectivity index (χ3n) is 2.35. The highest BCUT2D eigenvalue weighted by Gasteiger charge is 2.16. The van der Waals surface area contributed by atoms with Gasteiger partial charge in [0.05, 0.1) is 27.2 Å². The van der Waals surface area contributed by atoms with Crippen LogP contribution in [-0.2, 0) is 10.0 Å². The van der Waals surface area contributed by atoms with E-state index >= 15 is 0 Å². The summed E-state index contributed by atoms with van der Waals surface area (Å²) in [5.41, 5.74) is 0.517. The van der Waals surface area contributed by atoms with Gasteiger partial charge in [-0.25, -0.2) is 13.4 Å². The molecule has 8 heteroatoms. The summed E-state index contributed by atoms with van der Waals surface area (Å²) in [5, 5.41) is 8.93. The Morgan fingerprint density at radius 1 is 1.20 bits per heavy atom. The summed E-state index contributed by atoms with van der Waals surface area (Å²) in [7, 11) is -3.82. The third-order valence-corrected chi connectivity index (χ3v) is 4.23. The third kappa shape index (κ3) is 3.20. The highest BCUT2D eigenvalue weighted by atomic mass is 35.5. The molecule has 0 saturated carbocycles. The van der Waals surface area contributed by atoms with Crippen molar-refractivity contribution >= 4 is 38.9 Å². The van der Waals surface area contributed by atoms with Gasteiger partial charge in [-0.15, -0.1) is 0 Å². The van der Waals surface area contributed by atoms with Crippen molar-refractivity contribution in [2.24, 2.45) is 0 Å². The van der Waals surface area contributed by atoms with E-state index in [1.807, 2.05) is 6.07 Å². The van der Waals surface area contributed by atoms with E-state index in [9.17, 15) is 8.42 Å². The molecule has 2 aromatic rings. The van der Waals surface area contributed by atoms with Gasteiger partial charge in [0.15, 0.2) is 0 Å². The predicted molar refractivity (Wildman–Crippen MR) is 76.2 cm³/mol. The number of halogens is 2. The first kappa shape index (κ1) is 14.6. The van der Waals surface area contributed by atoms with Crippen LogP contribution in [0.25, 0.3) is 0 Å². The molecule has 0 saturated heterocycles. The number of sulfonamides is 1. The fraction of sp³-hybridized carbons (Fsp3) is 0. The van der Waals surface area contributed by atoms with Crippen LogP contribution in [0.3, 0.4) is 0 Å². The zero-order valence-electron chi connectivity index (χ0n) is 9.84. The van der Waals surface area contributed by atoms with Crippen LogP contribution in [0.2, 0.25) is 10.2 Å². The van der Waals surface area contributed by atoms with Gasteiger partial charge in [-0.2, -0.15) is 5.26 Å². The van der Waals surface area contributed by atoms with Crippen LogP contribution in [0.1, 0.15) is 5.56 Å². The molecule has 2 rings (SSSR count). The first-order valence-corrected chi connectivity index (χ1v) is 7.50. The second-order valence-electron chi connectivity index (χ2n) is 3.73. The van der Waals surface area contributed by atoms with Gasteiger partial charge in [-0.3, -0.25) is 4.72 Å². The van der Waals surface area contributed by atoms with Gasteiger partial charge in [0.25, 0.3) is 10.0 Å². The van der Waals surface area contributed by atoms with Gasteiger partial charge in [-0.05, 0) is 30.3 Å².